The van der Waals surface area contributed by atoms with E-state index < -0.39 is 23.4 Å². The first kappa shape index (κ1) is 12.2. The van der Waals surface area contributed by atoms with Crippen LogP contribution in [0.15, 0.2) is 22.8 Å². The number of carbonyl (C=O) groups is 3. The topological polar surface area (TPSA) is 106 Å². The predicted octanol–water partition coefficient (Wildman–Crippen LogP) is -0.0780. The molecule has 0 aromatic carbocycles. The average molecular weight is 251 g/mol. The molecule has 0 aliphatic carbocycles. The van der Waals surface area contributed by atoms with E-state index in [2.05, 4.69) is 5.32 Å². The van der Waals surface area contributed by atoms with E-state index in [0.29, 0.717) is 5.76 Å². The van der Waals surface area contributed by atoms with Crippen LogP contribution in [-0.2, 0) is 15.1 Å². The maximum absolute atomic E-state index is 12.2. The summed E-state index contributed by atoms with van der Waals surface area (Å²) >= 11 is 0. The molecule has 2 rings (SSSR count). The van der Waals surface area contributed by atoms with Crippen LogP contribution in [0.4, 0.5) is 4.79 Å². The van der Waals surface area contributed by atoms with Crippen LogP contribution >= 0.6 is 0 Å². The summed E-state index contributed by atoms with van der Waals surface area (Å²) < 4.78 is 5.16. The number of hydrogen-bond donors (Lipinski definition) is 2. The Morgan fingerprint density at radius 1 is 1.56 bits per heavy atom. The lowest BCUT2D eigenvalue weighted by molar-refractivity contribution is -0.131. The number of primary amides is 1. The highest BCUT2D eigenvalue weighted by atomic mass is 16.3. The number of nitrogens with two attached hydrogens (primary N) is 1. The molecular formula is C11H13N3O4. The minimum Gasteiger partial charge on any atom is -0.466 e. The van der Waals surface area contributed by atoms with Gasteiger partial charge in [-0.05, 0) is 19.1 Å². The number of nitrogens with zero attached hydrogens (tertiary/aromatic N) is 1. The Morgan fingerprint density at radius 2 is 2.28 bits per heavy atom. The van der Waals surface area contributed by atoms with Gasteiger partial charge in [-0.25, -0.2) is 4.79 Å². The van der Waals surface area contributed by atoms with E-state index in [-0.39, 0.29) is 13.0 Å². The van der Waals surface area contributed by atoms with Gasteiger partial charge >= 0.3 is 6.03 Å². The second kappa shape index (κ2) is 4.17. The molecule has 0 saturated carbocycles. The number of imide groups is 1. The van der Waals surface area contributed by atoms with Gasteiger partial charge in [-0.3, -0.25) is 14.5 Å². The van der Waals surface area contributed by atoms with Gasteiger partial charge in [-0.2, -0.15) is 0 Å². The van der Waals surface area contributed by atoms with Gasteiger partial charge < -0.3 is 15.5 Å². The average Bonchev–Trinajstić information content (AvgIpc) is 2.87. The Hall–Kier alpha value is -2.31. The highest BCUT2D eigenvalue weighted by molar-refractivity contribution is 6.07. The zero-order chi connectivity index (χ0) is 13.3. The van der Waals surface area contributed by atoms with E-state index in [4.69, 9.17) is 10.2 Å². The van der Waals surface area contributed by atoms with Gasteiger partial charge in [0.15, 0.2) is 5.54 Å². The largest absolute Gasteiger partial charge is 0.466 e. The minimum atomic E-state index is -1.22. The Kier molecular flexibility index (Phi) is 2.82. The van der Waals surface area contributed by atoms with E-state index in [0.717, 1.165) is 4.90 Å². The van der Waals surface area contributed by atoms with Crippen LogP contribution in [0.2, 0.25) is 0 Å². The molecule has 96 valence electrons. The van der Waals surface area contributed by atoms with Crippen molar-refractivity contribution < 1.29 is 18.8 Å². The van der Waals surface area contributed by atoms with Crippen molar-refractivity contribution in [3.63, 3.8) is 0 Å². The van der Waals surface area contributed by atoms with Crippen LogP contribution in [0.1, 0.15) is 19.1 Å². The smallest absolute Gasteiger partial charge is 0.325 e. The van der Waals surface area contributed by atoms with Crippen molar-refractivity contribution in [2.75, 3.05) is 6.54 Å². The summed E-state index contributed by atoms with van der Waals surface area (Å²) in [6, 6.07) is 2.68. The minimum absolute atomic E-state index is 0.0314. The summed E-state index contributed by atoms with van der Waals surface area (Å²) in [4.78, 5) is 35.5. The molecule has 7 heteroatoms. The maximum Gasteiger partial charge on any atom is 0.325 e. The van der Waals surface area contributed by atoms with Gasteiger partial charge in [0, 0.05) is 13.0 Å². The number of nitrogens with one attached hydrogen (secondary N) is 1. The lowest BCUT2D eigenvalue weighted by atomic mass is 9.99. The van der Waals surface area contributed by atoms with Crippen molar-refractivity contribution in [2.24, 2.45) is 5.73 Å². The second-order valence-corrected chi connectivity index (χ2v) is 4.21. The molecule has 1 aliphatic heterocycles. The Balaban J connectivity index is 2.21. The van der Waals surface area contributed by atoms with Crippen molar-refractivity contribution in [3.05, 3.63) is 24.2 Å². The van der Waals surface area contributed by atoms with E-state index in [1.54, 1.807) is 19.1 Å². The molecule has 3 N–H and O–H groups in total. The van der Waals surface area contributed by atoms with Crippen LogP contribution in [0.25, 0.3) is 0 Å². The molecule has 1 aliphatic rings. The van der Waals surface area contributed by atoms with E-state index in [9.17, 15) is 14.4 Å². The summed E-state index contributed by atoms with van der Waals surface area (Å²) in [7, 11) is 0. The molecule has 1 unspecified atom stereocenters. The van der Waals surface area contributed by atoms with Crippen LogP contribution < -0.4 is 11.1 Å². The van der Waals surface area contributed by atoms with Crippen molar-refractivity contribution in [2.45, 2.75) is 18.9 Å². The molecule has 2 heterocycles. The number of amides is 4. The molecule has 1 aromatic rings. The zero-order valence-electron chi connectivity index (χ0n) is 9.80. The van der Waals surface area contributed by atoms with Gasteiger partial charge in [-0.15, -0.1) is 0 Å². The van der Waals surface area contributed by atoms with Crippen molar-refractivity contribution >= 4 is 17.8 Å². The zero-order valence-corrected chi connectivity index (χ0v) is 9.80. The highest BCUT2D eigenvalue weighted by Gasteiger charge is 2.50. The standard InChI is InChI=1S/C11H13N3O4/c1-11(7-3-2-6-18-7)9(16)14(10(17)13-11)5-4-8(12)15/h2-3,6H,4-5H2,1H3,(H2,12,15)(H,13,17). The molecule has 1 atom stereocenters. The Morgan fingerprint density at radius 3 is 2.83 bits per heavy atom. The number of furan rings is 1. The number of carbonyl (C=O) groups excluding carboxylic acids is 3. The molecule has 1 saturated heterocycles. The summed E-state index contributed by atoms with van der Waals surface area (Å²) in [5, 5.41) is 2.55. The highest BCUT2D eigenvalue weighted by Crippen LogP contribution is 2.28. The normalized spacial score (nSPS) is 23.3. The van der Waals surface area contributed by atoms with Gasteiger partial charge in [0.05, 0.1) is 6.26 Å². The van der Waals surface area contributed by atoms with Gasteiger partial charge in [0.2, 0.25) is 5.91 Å². The molecular weight excluding hydrogens is 238 g/mol. The predicted molar refractivity (Wildman–Crippen MR) is 60.1 cm³/mol. The van der Waals surface area contributed by atoms with E-state index in [1.807, 2.05) is 0 Å². The molecule has 0 bridgehead atoms. The third kappa shape index (κ3) is 1.83. The first-order valence-corrected chi connectivity index (χ1v) is 5.41. The fourth-order valence-electron chi connectivity index (χ4n) is 1.85. The molecule has 18 heavy (non-hydrogen) atoms. The Labute approximate surface area is 103 Å². The SMILES string of the molecule is CC1(c2ccco2)NC(=O)N(CCC(N)=O)C1=O. The number of hydrogen-bond acceptors (Lipinski definition) is 4. The maximum atomic E-state index is 12.2. The quantitative estimate of drug-likeness (QED) is 0.730. The van der Waals surface area contributed by atoms with Crippen LogP contribution in [0, 0.1) is 0 Å². The number of rotatable bonds is 4. The molecule has 1 fully saturated rings. The molecule has 0 spiro atoms. The molecule has 1 aromatic heterocycles. The van der Waals surface area contributed by atoms with Crippen LogP contribution in [-0.4, -0.2) is 29.3 Å². The van der Waals surface area contributed by atoms with Gasteiger partial charge in [0.25, 0.3) is 5.91 Å². The van der Waals surface area contributed by atoms with Crippen molar-refractivity contribution in [3.8, 4) is 0 Å². The van der Waals surface area contributed by atoms with Gasteiger partial charge in [-0.1, -0.05) is 0 Å². The lowest BCUT2D eigenvalue weighted by Crippen LogP contribution is -2.40. The summed E-state index contributed by atoms with van der Waals surface area (Å²) in [5.74, 6) is -0.673. The monoisotopic (exact) mass is 251 g/mol. The molecule has 7 nitrogen and oxygen atoms in total. The van der Waals surface area contributed by atoms with Crippen LogP contribution in [0.5, 0.6) is 0 Å². The summed E-state index contributed by atoms with van der Waals surface area (Å²) in [6.45, 7) is 1.52. The third-order valence-corrected chi connectivity index (χ3v) is 2.87. The number of urea groups is 1. The Bertz CT molecular complexity index is 496. The molecule has 0 radical (unpaired) electrons. The fraction of sp³-hybridized carbons (Fsp3) is 0.364. The van der Waals surface area contributed by atoms with E-state index in [1.165, 1.54) is 6.26 Å². The van der Waals surface area contributed by atoms with Crippen molar-refractivity contribution in [1.82, 2.24) is 10.2 Å². The van der Waals surface area contributed by atoms with E-state index >= 15 is 0 Å². The fourth-order valence-corrected chi connectivity index (χ4v) is 1.85. The van der Waals surface area contributed by atoms with Crippen molar-refractivity contribution in [1.29, 1.82) is 0 Å². The van der Waals surface area contributed by atoms with Gasteiger partial charge in [0.1, 0.15) is 5.76 Å². The van der Waals surface area contributed by atoms with Crippen LogP contribution in [0.3, 0.4) is 0 Å². The second-order valence-electron chi connectivity index (χ2n) is 4.21. The summed E-state index contributed by atoms with van der Waals surface area (Å²) in [5.41, 5.74) is 3.77. The lowest BCUT2D eigenvalue weighted by Gasteiger charge is -2.18. The summed E-state index contributed by atoms with van der Waals surface area (Å²) in [6.07, 6.45) is 1.36. The first-order chi connectivity index (χ1) is 8.45. The third-order valence-electron chi connectivity index (χ3n) is 2.87. The molecule has 4 amide bonds. The first-order valence-electron chi connectivity index (χ1n) is 5.41.